The second-order valence-electron chi connectivity index (χ2n) is 6.10. The fourth-order valence-electron chi connectivity index (χ4n) is 3.30. The first-order valence-electron chi connectivity index (χ1n) is 7.83. The Bertz CT molecular complexity index is 498. The fraction of sp³-hybridized carbons (Fsp3) is 0.688. The van der Waals surface area contributed by atoms with E-state index in [4.69, 9.17) is 10.5 Å². The third kappa shape index (κ3) is 3.15. The number of thiophene rings is 1. The molecule has 21 heavy (non-hydrogen) atoms. The van der Waals surface area contributed by atoms with E-state index in [1.54, 1.807) is 7.11 Å². The Balaban J connectivity index is 1.70. The van der Waals surface area contributed by atoms with E-state index < -0.39 is 0 Å². The van der Waals surface area contributed by atoms with Crippen molar-refractivity contribution in [3.8, 4) is 0 Å². The van der Waals surface area contributed by atoms with Crippen LogP contribution in [0.1, 0.15) is 42.2 Å². The molecule has 1 aromatic rings. The van der Waals surface area contributed by atoms with Gasteiger partial charge in [-0.05, 0) is 55.0 Å². The number of carbonyl (C=O) groups is 1. The van der Waals surface area contributed by atoms with Gasteiger partial charge in [-0.25, -0.2) is 0 Å². The highest BCUT2D eigenvalue weighted by molar-refractivity contribution is 7.10. The molecule has 2 unspecified atom stereocenters. The average Bonchev–Trinajstić information content (AvgIpc) is 3.22. The molecule has 2 atom stereocenters. The summed E-state index contributed by atoms with van der Waals surface area (Å²) in [5, 5.41) is 2.16. The second kappa shape index (κ2) is 6.46. The number of nitrogens with two attached hydrogens (primary N) is 1. The van der Waals surface area contributed by atoms with Crippen LogP contribution in [0.3, 0.4) is 0 Å². The maximum atomic E-state index is 12.7. The molecule has 1 amide bonds. The molecular weight excluding hydrogens is 284 g/mol. The number of carbonyl (C=O) groups excluding carboxylic acids is 1. The van der Waals surface area contributed by atoms with Gasteiger partial charge < -0.3 is 15.4 Å². The summed E-state index contributed by atoms with van der Waals surface area (Å²) in [5.41, 5.74) is 7.50. The second-order valence-corrected chi connectivity index (χ2v) is 7.11. The third-order valence-electron chi connectivity index (χ3n) is 4.55. The standard InChI is InChI=1S/C16H24N2O2S/c1-20-9-2-3-13(17)16(19)18-8-6-14-12(7-10-21-14)15(18)11-4-5-11/h7,10-11,13,15H,2-6,8-9,17H2,1H3. The number of rotatable bonds is 6. The molecule has 116 valence electrons. The smallest absolute Gasteiger partial charge is 0.240 e. The van der Waals surface area contributed by atoms with E-state index in [2.05, 4.69) is 16.3 Å². The molecule has 1 saturated carbocycles. The van der Waals surface area contributed by atoms with Crippen LogP contribution >= 0.6 is 11.3 Å². The molecule has 0 spiro atoms. The number of methoxy groups -OCH3 is 1. The van der Waals surface area contributed by atoms with Crippen molar-refractivity contribution in [3.05, 3.63) is 21.9 Å². The van der Waals surface area contributed by atoms with Gasteiger partial charge in [-0.3, -0.25) is 4.79 Å². The summed E-state index contributed by atoms with van der Waals surface area (Å²) in [6.07, 6.45) is 5.00. The number of hydrogen-bond donors (Lipinski definition) is 1. The van der Waals surface area contributed by atoms with Gasteiger partial charge >= 0.3 is 0 Å². The highest BCUT2D eigenvalue weighted by Gasteiger charge is 2.42. The zero-order chi connectivity index (χ0) is 14.8. The molecule has 5 heteroatoms. The van der Waals surface area contributed by atoms with Gasteiger partial charge in [-0.1, -0.05) is 0 Å². The van der Waals surface area contributed by atoms with Crippen molar-refractivity contribution in [1.82, 2.24) is 4.90 Å². The van der Waals surface area contributed by atoms with E-state index in [0.29, 0.717) is 18.9 Å². The van der Waals surface area contributed by atoms with Crippen LogP contribution in [-0.2, 0) is 16.0 Å². The number of nitrogens with zero attached hydrogens (tertiary/aromatic N) is 1. The van der Waals surface area contributed by atoms with E-state index in [0.717, 1.165) is 19.4 Å². The van der Waals surface area contributed by atoms with Crippen LogP contribution in [0.25, 0.3) is 0 Å². The molecule has 0 radical (unpaired) electrons. The summed E-state index contributed by atoms with van der Waals surface area (Å²) < 4.78 is 5.04. The Kier molecular flexibility index (Phi) is 4.62. The van der Waals surface area contributed by atoms with Crippen LogP contribution in [0.2, 0.25) is 0 Å². The minimum absolute atomic E-state index is 0.125. The van der Waals surface area contributed by atoms with E-state index in [-0.39, 0.29) is 18.0 Å². The van der Waals surface area contributed by atoms with E-state index in [1.807, 2.05) is 11.3 Å². The van der Waals surface area contributed by atoms with Crippen LogP contribution in [-0.4, -0.2) is 37.1 Å². The molecule has 0 aromatic carbocycles. The number of hydrogen-bond acceptors (Lipinski definition) is 4. The first-order valence-corrected chi connectivity index (χ1v) is 8.71. The van der Waals surface area contributed by atoms with E-state index in [1.165, 1.54) is 23.3 Å². The van der Waals surface area contributed by atoms with Crippen molar-refractivity contribution in [2.75, 3.05) is 20.3 Å². The number of fused-ring (bicyclic) bond motifs is 1. The quantitative estimate of drug-likeness (QED) is 0.821. The van der Waals surface area contributed by atoms with Gasteiger partial charge in [-0.15, -0.1) is 11.3 Å². The van der Waals surface area contributed by atoms with Gasteiger partial charge in [0.05, 0.1) is 12.1 Å². The predicted molar refractivity (Wildman–Crippen MR) is 84.3 cm³/mol. The number of amides is 1. The van der Waals surface area contributed by atoms with Gasteiger partial charge in [0.25, 0.3) is 0 Å². The van der Waals surface area contributed by atoms with Gasteiger partial charge in [0, 0.05) is 25.1 Å². The van der Waals surface area contributed by atoms with E-state index in [9.17, 15) is 4.79 Å². The summed E-state index contributed by atoms with van der Waals surface area (Å²) >= 11 is 1.83. The predicted octanol–water partition coefficient (Wildman–Crippen LogP) is 2.34. The lowest BCUT2D eigenvalue weighted by Gasteiger charge is -2.37. The number of ether oxygens (including phenoxy) is 1. The van der Waals surface area contributed by atoms with Gasteiger partial charge in [0.15, 0.2) is 0 Å². The Labute approximate surface area is 130 Å². The molecule has 1 aliphatic heterocycles. The summed E-state index contributed by atoms with van der Waals surface area (Å²) in [5.74, 6) is 0.772. The van der Waals surface area contributed by atoms with Crippen LogP contribution in [0.5, 0.6) is 0 Å². The molecule has 2 aliphatic rings. The van der Waals surface area contributed by atoms with Crippen LogP contribution < -0.4 is 5.73 Å². The minimum atomic E-state index is -0.387. The lowest BCUT2D eigenvalue weighted by molar-refractivity contribution is -0.136. The molecule has 2 N–H and O–H groups in total. The molecule has 3 rings (SSSR count). The molecule has 0 saturated heterocycles. The van der Waals surface area contributed by atoms with Crippen molar-refractivity contribution in [2.24, 2.45) is 11.7 Å². The van der Waals surface area contributed by atoms with Crippen LogP contribution in [0.4, 0.5) is 0 Å². The zero-order valence-electron chi connectivity index (χ0n) is 12.6. The summed E-state index contributed by atoms with van der Waals surface area (Å²) in [6, 6.07) is 2.10. The van der Waals surface area contributed by atoms with Gasteiger partial charge in [0.1, 0.15) is 0 Å². The van der Waals surface area contributed by atoms with E-state index >= 15 is 0 Å². The highest BCUT2D eigenvalue weighted by Crippen LogP contribution is 2.48. The monoisotopic (exact) mass is 308 g/mol. The summed E-state index contributed by atoms with van der Waals surface area (Å²) in [4.78, 5) is 16.3. The lowest BCUT2D eigenvalue weighted by atomic mass is 9.94. The van der Waals surface area contributed by atoms with Crippen molar-refractivity contribution >= 4 is 17.2 Å². The third-order valence-corrected chi connectivity index (χ3v) is 5.54. The summed E-state index contributed by atoms with van der Waals surface area (Å²) in [7, 11) is 1.68. The maximum absolute atomic E-state index is 12.7. The van der Waals surface area contributed by atoms with Crippen molar-refractivity contribution in [1.29, 1.82) is 0 Å². The largest absolute Gasteiger partial charge is 0.385 e. The van der Waals surface area contributed by atoms with Crippen molar-refractivity contribution in [3.63, 3.8) is 0 Å². The van der Waals surface area contributed by atoms with Gasteiger partial charge in [0.2, 0.25) is 5.91 Å². The van der Waals surface area contributed by atoms with Crippen LogP contribution in [0, 0.1) is 5.92 Å². The molecule has 1 fully saturated rings. The topological polar surface area (TPSA) is 55.6 Å². The highest BCUT2D eigenvalue weighted by atomic mass is 32.1. The molecule has 2 heterocycles. The maximum Gasteiger partial charge on any atom is 0.240 e. The van der Waals surface area contributed by atoms with Crippen LogP contribution in [0.15, 0.2) is 11.4 Å². The molecule has 1 aromatic heterocycles. The Morgan fingerprint density at radius 1 is 1.57 bits per heavy atom. The Morgan fingerprint density at radius 3 is 3.10 bits per heavy atom. The van der Waals surface area contributed by atoms with Crippen molar-refractivity contribution in [2.45, 2.75) is 44.2 Å². The SMILES string of the molecule is COCCCC(N)C(=O)N1CCc2sccc2C1C1CC1. The zero-order valence-corrected chi connectivity index (χ0v) is 13.4. The average molecular weight is 308 g/mol. The Hall–Kier alpha value is -0.910. The molecule has 0 bridgehead atoms. The molecule has 1 aliphatic carbocycles. The van der Waals surface area contributed by atoms with Gasteiger partial charge in [-0.2, -0.15) is 0 Å². The fourth-order valence-corrected chi connectivity index (χ4v) is 4.21. The summed E-state index contributed by atoms with van der Waals surface area (Å²) in [6.45, 7) is 1.49. The minimum Gasteiger partial charge on any atom is -0.385 e. The normalized spacial score (nSPS) is 23.0. The first kappa shape index (κ1) is 15.0. The first-order chi connectivity index (χ1) is 10.2. The Morgan fingerprint density at radius 2 is 2.38 bits per heavy atom. The molecule has 4 nitrogen and oxygen atoms in total. The lowest BCUT2D eigenvalue weighted by Crippen LogP contribution is -2.48. The molecular formula is C16H24N2O2S. The van der Waals surface area contributed by atoms with Crippen molar-refractivity contribution < 1.29 is 9.53 Å².